The fourth-order valence-corrected chi connectivity index (χ4v) is 4.97. The van der Waals surface area contributed by atoms with Crippen LogP contribution in [0.15, 0.2) is 89.8 Å². The van der Waals surface area contributed by atoms with Crippen molar-refractivity contribution in [3.63, 3.8) is 0 Å². The predicted molar refractivity (Wildman–Crippen MR) is 127 cm³/mol. The number of nitrogens with zero attached hydrogens (tertiary/aromatic N) is 1. The van der Waals surface area contributed by atoms with Gasteiger partial charge in [-0.2, -0.15) is 0 Å². The second-order valence-corrected chi connectivity index (χ2v) is 8.66. The zero-order valence-electron chi connectivity index (χ0n) is 15.5. The first-order valence-electron chi connectivity index (χ1n) is 9.40. The van der Waals surface area contributed by atoms with Crippen LogP contribution < -0.4 is 0 Å². The molecular weight excluding hydrogens is 394 g/mol. The maximum absolute atomic E-state index is 13.1. The summed E-state index contributed by atoms with van der Waals surface area (Å²) in [6.45, 7) is 0.499. The highest BCUT2D eigenvalue weighted by molar-refractivity contribution is 8.26. The van der Waals surface area contributed by atoms with E-state index in [4.69, 9.17) is 12.2 Å². The molecule has 0 aromatic heterocycles. The van der Waals surface area contributed by atoms with Gasteiger partial charge in [0, 0.05) is 0 Å². The van der Waals surface area contributed by atoms with Crippen LogP contribution in [0.4, 0.5) is 0 Å². The van der Waals surface area contributed by atoms with E-state index in [1.807, 2.05) is 60.7 Å². The van der Waals surface area contributed by atoms with Gasteiger partial charge in [0.1, 0.15) is 4.32 Å². The van der Waals surface area contributed by atoms with Crippen LogP contribution in [-0.2, 0) is 11.3 Å². The topological polar surface area (TPSA) is 20.3 Å². The Bertz CT molecular complexity index is 1240. The van der Waals surface area contributed by atoms with E-state index in [-0.39, 0.29) is 5.91 Å². The van der Waals surface area contributed by atoms with Gasteiger partial charge in [-0.05, 0) is 44.8 Å². The summed E-state index contributed by atoms with van der Waals surface area (Å²) in [5, 5.41) is 4.61. The van der Waals surface area contributed by atoms with Crippen molar-refractivity contribution in [2.75, 3.05) is 0 Å². The summed E-state index contributed by atoms with van der Waals surface area (Å²) >= 11 is 6.91. The molecule has 0 radical (unpaired) electrons. The van der Waals surface area contributed by atoms with E-state index in [0.717, 1.165) is 32.7 Å². The van der Waals surface area contributed by atoms with Crippen molar-refractivity contribution in [1.29, 1.82) is 0 Å². The third-order valence-corrected chi connectivity index (χ3v) is 6.52. The van der Waals surface area contributed by atoms with Crippen LogP contribution in [-0.4, -0.2) is 15.1 Å². The van der Waals surface area contributed by atoms with Gasteiger partial charge in [-0.3, -0.25) is 9.69 Å². The maximum Gasteiger partial charge on any atom is 0.266 e. The van der Waals surface area contributed by atoms with Gasteiger partial charge in [0.15, 0.2) is 0 Å². The number of carbonyl (C=O) groups excluding carboxylic acids is 1. The van der Waals surface area contributed by atoms with E-state index in [1.165, 1.54) is 11.8 Å². The summed E-state index contributed by atoms with van der Waals surface area (Å²) in [5.74, 6) is -0.0270. The van der Waals surface area contributed by atoms with Gasteiger partial charge in [0.05, 0.1) is 11.4 Å². The van der Waals surface area contributed by atoms with Crippen molar-refractivity contribution in [2.45, 2.75) is 6.54 Å². The summed E-state index contributed by atoms with van der Waals surface area (Å²) in [5.41, 5.74) is 2.14. The molecule has 1 aliphatic rings. The van der Waals surface area contributed by atoms with E-state index in [2.05, 4.69) is 30.3 Å². The van der Waals surface area contributed by atoms with Crippen molar-refractivity contribution in [2.24, 2.45) is 0 Å². The fourth-order valence-electron chi connectivity index (χ4n) is 3.74. The Morgan fingerprint density at radius 3 is 2.07 bits per heavy atom. The van der Waals surface area contributed by atoms with Crippen molar-refractivity contribution < 1.29 is 4.79 Å². The van der Waals surface area contributed by atoms with E-state index in [9.17, 15) is 4.79 Å². The number of amides is 1. The van der Waals surface area contributed by atoms with Gasteiger partial charge in [-0.25, -0.2) is 0 Å². The Morgan fingerprint density at radius 1 is 0.828 bits per heavy atom. The predicted octanol–water partition coefficient (Wildman–Crippen LogP) is 6.39. The van der Waals surface area contributed by atoms with Gasteiger partial charge >= 0.3 is 0 Å². The van der Waals surface area contributed by atoms with Crippen LogP contribution in [0.25, 0.3) is 27.6 Å². The molecule has 140 valence electrons. The minimum absolute atomic E-state index is 0.0270. The molecule has 5 rings (SSSR count). The summed E-state index contributed by atoms with van der Waals surface area (Å²) in [7, 11) is 0. The lowest BCUT2D eigenvalue weighted by atomic mass is 9.96. The first-order chi connectivity index (χ1) is 14.2. The average molecular weight is 412 g/mol. The van der Waals surface area contributed by atoms with Crippen LogP contribution in [0.2, 0.25) is 0 Å². The quantitative estimate of drug-likeness (QED) is 0.221. The first kappa shape index (κ1) is 18.1. The molecule has 1 fully saturated rings. The molecule has 0 atom stereocenters. The lowest BCUT2D eigenvalue weighted by molar-refractivity contribution is -0.122. The van der Waals surface area contributed by atoms with Crippen molar-refractivity contribution in [3.8, 4) is 0 Å². The molecule has 0 bridgehead atoms. The van der Waals surface area contributed by atoms with E-state index in [0.29, 0.717) is 15.8 Å². The first-order valence-corrected chi connectivity index (χ1v) is 10.6. The Balaban J connectivity index is 1.61. The number of rotatable bonds is 3. The summed E-state index contributed by atoms with van der Waals surface area (Å²) in [4.78, 5) is 15.5. The van der Waals surface area contributed by atoms with Gasteiger partial charge in [0.2, 0.25) is 0 Å². The van der Waals surface area contributed by atoms with Crippen molar-refractivity contribution >= 4 is 61.8 Å². The molecule has 0 unspecified atom stereocenters. The Labute approximate surface area is 178 Å². The molecule has 4 aromatic rings. The van der Waals surface area contributed by atoms with Gasteiger partial charge < -0.3 is 0 Å². The third kappa shape index (κ3) is 3.35. The minimum atomic E-state index is -0.0270. The van der Waals surface area contributed by atoms with E-state index < -0.39 is 0 Å². The van der Waals surface area contributed by atoms with Gasteiger partial charge in [-0.1, -0.05) is 103 Å². The van der Waals surface area contributed by atoms with Gasteiger partial charge in [-0.15, -0.1) is 0 Å². The molecule has 1 amide bonds. The monoisotopic (exact) mass is 411 g/mol. The molecule has 0 saturated carbocycles. The molecule has 0 spiro atoms. The molecule has 2 nitrogen and oxygen atoms in total. The summed E-state index contributed by atoms with van der Waals surface area (Å²) in [6.07, 6.45) is 2.01. The minimum Gasteiger partial charge on any atom is -0.288 e. The number of carbonyl (C=O) groups is 1. The molecule has 1 heterocycles. The Hall–Kier alpha value is -2.95. The number of hydrogen-bond donors (Lipinski definition) is 0. The second kappa shape index (κ2) is 7.47. The van der Waals surface area contributed by atoms with Crippen LogP contribution in [0.1, 0.15) is 11.1 Å². The molecule has 29 heavy (non-hydrogen) atoms. The number of hydrogen-bond acceptors (Lipinski definition) is 3. The van der Waals surface area contributed by atoms with Crippen LogP contribution in [0.5, 0.6) is 0 Å². The molecule has 4 heteroatoms. The molecule has 4 aromatic carbocycles. The molecule has 0 N–H and O–H groups in total. The average Bonchev–Trinajstić information content (AvgIpc) is 3.02. The number of fused-ring (bicyclic) bond motifs is 2. The lowest BCUT2D eigenvalue weighted by Gasteiger charge is -2.14. The third-order valence-electron chi connectivity index (χ3n) is 5.15. The summed E-state index contributed by atoms with van der Waals surface area (Å²) in [6, 6.07) is 28.7. The Morgan fingerprint density at radius 2 is 1.41 bits per heavy atom. The van der Waals surface area contributed by atoms with Crippen LogP contribution in [0.3, 0.4) is 0 Å². The van der Waals surface area contributed by atoms with Gasteiger partial charge in [0.25, 0.3) is 5.91 Å². The SMILES string of the molecule is O=C1C(=Cc2c3ccccc3cc3ccccc23)SC(=S)N1Cc1ccccc1. The molecule has 1 saturated heterocycles. The van der Waals surface area contributed by atoms with E-state index in [1.54, 1.807) is 4.90 Å². The fraction of sp³-hybridized carbons (Fsp3) is 0.0400. The van der Waals surface area contributed by atoms with Crippen molar-refractivity contribution in [1.82, 2.24) is 4.90 Å². The second-order valence-electron chi connectivity index (χ2n) is 6.99. The van der Waals surface area contributed by atoms with Crippen LogP contribution >= 0.6 is 24.0 Å². The molecule has 1 aliphatic heterocycles. The highest BCUT2D eigenvalue weighted by Crippen LogP contribution is 2.37. The number of benzene rings is 4. The normalized spacial score (nSPS) is 15.7. The zero-order valence-corrected chi connectivity index (χ0v) is 17.2. The lowest BCUT2D eigenvalue weighted by Crippen LogP contribution is -2.27. The zero-order chi connectivity index (χ0) is 19.8. The number of thiocarbonyl (C=S) groups is 1. The number of thioether (sulfide) groups is 1. The highest BCUT2D eigenvalue weighted by Gasteiger charge is 2.32. The molecule has 0 aliphatic carbocycles. The standard InChI is InChI=1S/C25H17NOS2/c27-24-23(29-25(28)26(24)16-17-8-2-1-3-9-17)15-22-20-12-6-4-10-18(20)14-19-11-5-7-13-21(19)22/h1-15H,16H2. The highest BCUT2D eigenvalue weighted by atomic mass is 32.2. The summed E-state index contributed by atoms with van der Waals surface area (Å²) < 4.78 is 0.606. The maximum atomic E-state index is 13.1. The smallest absolute Gasteiger partial charge is 0.266 e. The van der Waals surface area contributed by atoms with Crippen molar-refractivity contribution in [3.05, 3.63) is 101 Å². The largest absolute Gasteiger partial charge is 0.288 e. The van der Waals surface area contributed by atoms with E-state index >= 15 is 0 Å². The van der Waals surface area contributed by atoms with Crippen LogP contribution in [0, 0.1) is 0 Å². The molecular formula is C25H17NOS2. The Kier molecular flexibility index (Phi) is 4.66.